The highest BCUT2D eigenvalue weighted by Gasteiger charge is 2.34. The molecule has 146 valence electrons. The molecule has 7 nitrogen and oxygen atoms in total. The first-order valence-corrected chi connectivity index (χ1v) is 10.4. The van der Waals surface area contributed by atoms with Crippen LogP contribution in [0.3, 0.4) is 0 Å². The van der Waals surface area contributed by atoms with E-state index in [2.05, 4.69) is 10.3 Å². The molecule has 2 aromatic rings. The van der Waals surface area contributed by atoms with Gasteiger partial charge in [-0.1, -0.05) is 12.1 Å². The first-order valence-electron chi connectivity index (χ1n) is 8.84. The highest BCUT2D eigenvalue weighted by Crippen LogP contribution is 2.22. The summed E-state index contributed by atoms with van der Waals surface area (Å²) in [4.78, 5) is 17.4. The maximum Gasteiger partial charge on any atom is 0.252 e. The van der Waals surface area contributed by atoms with Gasteiger partial charge in [-0.3, -0.25) is 9.78 Å². The van der Waals surface area contributed by atoms with Crippen LogP contribution in [0.4, 0.5) is 0 Å². The highest BCUT2D eigenvalue weighted by molar-refractivity contribution is 7.89. The van der Waals surface area contributed by atoms with Crippen molar-refractivity contribution in [3.05, 3.63) is 41.1 Å². The predicted octanol–water partition coefficient (Wildman–Crippen LogP) is 1.49. The fourth-order valence-corrected chi connectivity index (χ4v) is 4.41. The second-order valence-corrected chi connectivity index (χ2v) is 9.50. The zero-order valence-electron chi connectivity index (χ0n) is 16.0. The maximum absolute atomic E-state index is 12.9. The summed E-state index contributed by atoms with van der Waals surface area (Å²) in [6.07, 6.45) is 0. The average molecular weight is 391 g/mol. The van der Waals surface area contributed by atoms with Crippen molar-refractivity contribution in [1.82, 2.24) is 14.6 Å². The van der Waals surface area contributed by atoms with Crippen molar-refractivity contribution in [2.45, 2.75) is 19.9 Å². The number of aromatic nitrogens is 1. The van der Waals surface area contributed by atoms with E-state index in [-0.39, 0.29) is 23.6 Å². The molecule has 1 fully saturated rings. The van der Waals surface area contributed by atoms with Crippen LogP contribution in [-0.4, -0.2) is 62.7 Å². The molecule has 0 spiro atoms. The molecule has 1 aliphatic rings. The summed E-state index contributed by atoms with van der Waals surface area (Å²) >= 11 is 0. The summed E-state index contributed by atoms with van der Waals surface area (Å²) in [6.45, 7) is 4.45. The molecule has 0 aliphatic carbocycles. The first-order chi connectivity index (χ1) is 12.7. The van der Waals surface area contributed by atoms with Gasteiger partial charge < -0.3 is 10.1 Å². The van der Waals surface area contributed by atoms with E-state index in [1.807, 2.05) is 32.0 Å². The summed E-state index contributed by atoms with van der Waals surface area (Å²) in [7, 11) is -0.356. The van der Waals surface area contributed by atoms with Crippen LogP contribution < -0.4 is 5.32 Å². The summed E-state index contributed by atoms with van der Waals surface area (Å²) in [5.41, 5.74) is 3.14. The molecule has 3 rings (SSSR count). The van der Waals surface area contributed by atoms with Gasteiger partial charge in [-0.25, -0.2) is 12.7 Å². The van der Waals surface area contributed by atoms with E-state index in [9.17, 15) is 13.2 Å². The van der Waals surface area contributed by atoms with Gasteiger partial charge >= 0.3 is 0 Å². The second kappa shape index (κ2) is 7.53. The minimum Gasteiger partial charge on any atom is -0.379 e. The number of pyridine rings is 1. The SMILES string of the molecule is Cc1ccc2c(C(=O)N[C@H]3COC[C@H]3CS(=O)(=O)N(C)C)cc(C)nc2c1. The molecule has 1 aliphatic heterocycles. The third-order valence-electron chi connectivity index (χ3n) is 4.83. The fraction of sp³-hybridized carbons (Fsp3) is 0.474. The number of fused-ring (bicyclic) bond motifs is 1. The molecule has 2 atom stereocenters. The van der Waals surface area contributed by atoms with E-state index in [0.717, 1.165) is 22.2 Å². The Morgan fingerprint density at radius 2 is 2.00 bits per heavy atom. The number of carbonyl (C=O) groups excluding carboxylic acids is 1. The third-order valence-corrected chi connectivity index (χ3v) is 6.80. The topological polar surface area (TPSA) is 88.6 Å². The standard InChI is InChI=1S/C19H25N3O4S/c1-12-5-6-15-16(8-13(2)20-17(15)7-12)19(23)21-18-10-26-9-14(18)11-27(24,25)22(3)4/h5-8,14,18H,9-11H2,1-4H3,(H,21,23)/t14-,18-/m0/s1. The van der Waals surface area contributed by atoms with Crippen LogP contribution in [0.15, 0.2) is 24.3 Å². The molecule has 27 heavy (non-hydrogen) atoms. The number of nitrogens with one attached hydrogen (secondary N) is 1. The van der Waals surface area contributed by atoms with Crippen LogP contribution >= 0.6 is 0 Å². The first kappa shape index (κ1) is 19.7. The fourth-order valence-electron chi connectivity index (χ4n) is 3.25. The monoisotopic (exact) mass is 391 g/mol. The van der Waals surface area contributed by atoms with E-state index in [1.54, 1.807) is 6.07 Å². The molecule has 0 saturated carbocycles. The van der Waals surface area contributed by atoms with Crippen LogP contribution in [0.2, 0.25) is 0 Å². The number of sulfonamides is 1. The van der Waals surface area contributed by atoms with Crippen LogP contribution in [0.5, 0.6) is 0 Å². The Morgan fingerprint density at radius 3 is 2.70 bits per heavy atom. The van der Waals surface area contributed by atoms with Gasteiger partial charge in [0.1, 0.15) is 0 Å². The van der Waals surface area contributed by atoms with Crippen molar-refractivity contribution in [3.63, 3.8) is 0 Å². The second-order valence-electron chi connectivity index (χ2n) is 7.27. The zero-order chi connectivity index (χ0) is 19.8. The van der Waals surface area contributed by atoms with Gasteiger partial charge in [-0.05, 0) is 31.5 Å². The summed E-state index contributed by atoms with van der Waals surface area (Å²) in [5, 5.41) is 3.74. The largest absolute Gasteiger partial charge is 0.379 e. The molecule has 8 heteroatoms. The van der Waals surface area contributed by atoms with Crippen molar-refractivity contribution >= 4 is 26.8 Å². The van der Waals surface area contributed by atoms with Crippen molar-refractivity contribution in [3.8, 4) is 0 Å². The number of ether oxygens (including phenoxy) is 1. The lowest BCUT2D eigenvalue weighted by molar-refractivity contribution is 0.0927. The molecule has 1 aromatic carbocycles. The van der Waals surface area contributed by atoms with Gasteiger partial charge in [0.2, 0.25) is 10.0 Å². The minimum atomic E-state index is -3.37. The van der Waals surface area contributed by atoms with Gasteiger partial charge in [0.25, 0.3) is 5.91 Å². The Labute approximate surface area is 159 Å². The van der Waals surface area contributed by atoms with E-state index in [0.29, 0.717) is 18.8 Å². The van der Waals surface area contributed by atoms with Crippen LogP contribution in [0.25, 0.3) is 10.9 Å². The quantitative estimate of drug-likeness (QED) is 0.834. The van der Waals surface area contributed by atoms with Crippen molar-refractivity contribution < 1.29 is 17.9 Å². The number of hydrogen-bond donors (Lipinski definition) is 1. The maximum atomic E-state index is 12.9. The average Bonchev–Trinajstić information content (AvgIpc) is 2.99. The zero-order valence-corrected chi connectivity index (χ0v) is 16.8. The lowest BCUT2D eigenvalue weighted by Crippen LogP contribution is -2.43. The van der Waals surface area contributed by atoms with Crippen LogP contribution in [0, 0.1) is 19.8 Å². The lowest BCUT2D eigenvalue weighted by Gasteiger charge is -2.21. The number of carbonyl (C=O) groups is 1. The summed E-state index contributed by atoms with van der Waals surface area (Å²) < 4.78 is 31.0. The highest BCUT2D eigenvalue weighted by atomic mass is 32.2. The van der Waals surface area contributed by atoms with Gasteiger partial charge in [0.15, 0.2) is 0 Å². The van der Waals surface area contributed by atoms with E-state index in [1.165, 1.54) is 18.4 Å². The summed E-state index contributed by atoms with van der Waals surface area (Å²) in [5.74, 6) is -0.574. The number of benzene rings is 1. The van der Waals surface area contributed by atoms with Crippen LogP contribution in [0.1, 0.15) is 21.6 Å². The van der Waals surface area contributed by atoms with E-state index >= 15 is 0 Å². The molecule has 0 radical (unpaired) electrons. The Morgan fingerprint density at radius 1 is 1.26 bits per heavy atom. The summed E-state index contributed by atoms with van der Waals surface area (Å²) in [6, 6.07) is 7.20. The number of amides is 1. The molecule has 1 saturated heterocycles. The Hall–Kier alpha value is -2.03. The number of rotatable bonds is 5. The Bertz CT molecular complexity index is 967. The minimum absolute atomic E-state index is 0.0553. The molecule has 0 unspecified atom stereocenters. The van der Waals surface area contributed by atoms with Crippen molar-refractivity contribution in [1.29, 1.82) is 0 Å². The van der Waals surface area contributed by atoms with Crippen molar-refractivity contribution in [2.24, 2.45) is 5.92 Å². The Kier molecular flexibility index (Phi) is 5.50. The Balaban J connectivity index is 1.84. The smallest absolute Gasteiger partial charge is 0.252 e. The lowest BCUT2D eigenvalue weighted by atomic mass is 10.0. The predicted molar refractivity (Wildman–Crippen MR) is 104 cm³/mol. The molecular formula is C19H25N3O4S. The van der Waals surface area contributed by atoms with E-state index in [4.69, 9.17) is 4.74 Å². The third kappa shape index (κ3) is 4.28. The van der Waals surface area contributed by atoms with Gasteiger partial charge in [0, 0.05) is 31.1 Å². The number of nitrogens with zero attached hydrogens (tertiary/aromatic N) is 2. The molecule has 1 aromatic heterocycles. The normalized spacial score (nSPS) is 20.3. The molecular weight excluding hydrogens is 366 g/mol. The molecule has 0 bridgehead atoms. The van der Waals surface area contributed by atoms with Gasteiger partial charge in [0.05, 0.1) is 36.1 Å². The van der Waals surface area contributed by atoms with Gasteiger partial charge in [-0.15, -0.1) is 0 Å². The number of aryl methyl sites for hydroxylation is 2. The molecule has 2 heterocycles. The van der Waals surface area contributed by atoms with Crippen molar-refractivity contribution in [2.75, 3.05) is 33.1 Å². The van der Waals surface area contributed by atoms with Crippen LogP contribution in [-0.2, 0) is 14.8 Å². The molecule has 1 N–H and O–H groups in total. The van der Waals surface area contributed by atoms with Gasteiger partial charge in [-0.2, -0.15) is 0 Å². The van der Waals surface area contributed by atoms with E-state index < -0.39 is 10.0 Å². The number of hydrogen-bond acceptors (Lipinski definition) is 5. The molecule has 1 amide bonds.